The Kier molecular flexibility index (Phi) is 4.20. The summed E-state index contributed by atoms with van der Waals surface area (Å²) >= 11 is 0. The molecule has 1 aromatic heterocycles. The lowest BCUT2D eigenvalue weighted by Gasteiger charge is -2.57. The molecule has 4 heteroatoms. The second-order valence-corrected chi connectivity index (χ2v) is 7.94. The first-order valence-corrected chi connectivity index (χ1v) is 8.58. The third-order valence-electron chi connectivity index (χ3n) is 5.81. The fourth-order valence-electron chi connectivity index (χ4n) is 4.64. The van der Waals surface area contributed by atoms with E-state index in [1.165, 1.54) is 19.3 Å². The molecule has 124 valence electrons. The zero-order valence-electron chi connectivity index (χ0n) is 14.7. The maximum atomic E-state index is 9.21. The van der Waals surface area contributed by atoms with Crippen molar-refractivity contribution in [1.82, 2.24) is 9.88 Å². The van der Waals surface area contributed by atoms with Crippen molar-refractivity contribution in [2.75, 3.05) is 20.2 Å². The summed E-state index contributed by atoms with van der Waals surface area (Å²) in [5.41, 5.74) is 1.53. The number of likely N-dealkylation sites (tertiary alicyclic amines) is 1. The van der Waals surface area contributed by atoms with E-state index in [9.17, 15) is 5.26 Å². The van der Waals surface area contributed by atoms with Gasteiger partial charge in [0.2, 0.25) is 0 Å². The Bertz CT molecular complexity index is 600. The molecule has 2 atom stereocenters. The summed E-state index contributed by atoms with van der Waals surface area (Å²) < 4.78 is 6.23. The van der Waals surface area contributed by atoms with Crippen LogP contribution in [0.2, 0.25) is 0 Å². The molecule has 23 heavy (non-hydrogen) atoms. The second-order valence-electron chi connectivity index (χ2n) is 7.94. The number of aromatic nitrogens is 1. The fourth-order valence-corrected chi connectivity index (χ4v) is 4.64. The van der Waals surface area contributed by atoms with Crippen LogP contribution in [0, 0.1) is 23.2 Å². The average Bonchev–Trinajstić information content (AvgIpc) is 2.52. The van der Waals surface area contributed by atoms with Crippen molar-refractivity contribution in [3.05, 3.63) is 29.6 Å². The van der Waals surface area contributed by atoms with Crippen LogP contribution >= 0.6 is 0 Å². The summed E-state index contributed by atoms with van der Waals surface area (Å²) in [6.07, 6.45) is 5.39. The van der Waals surface area contributed by atoms with Crippen LogP contribution in [0.15, 0.2) is 18.3 Å². The third-order valence-corrected chi connectivity index (χ3v) is 5.81. The first kappa shape index (κ1) is 16.4. The van der Waals surface area contributed by atoms with Crippen molar-refractivity contribution in [3.8, 4) is 6.07 Å². The van der Waals surface area contributed by atoms with Gasteiger partial charge in [0.15, 0.2) is 0 Å². The maximum absolute atomic E-state index is 9.21. The lowest BCUT2D eigenvalue weighted by molar-refractivity contribution is -0.179. The van der Waals surface area contributed by atoms with Gasteiger partial charge in [0, 0.05) is 43.8 Å². The van der Waals surface area contributed by atoms with Gasteiger partial charge in [0.25, 0.3) is 0 Å². The van der Waals surface area contributed by atoms with Gasteiger partial charge in [0.05, 0.1) is 0 Å². The molecule has 0 N–H and O–H groups in total. The number of pyridine rings is 1. The molecule has 1 saturated heterocycles. The molecule has 0 radical (unpaired) electrons. The molecule has 4 nitrogen and oxygen atoms in total. The van der Waals surface area contributed by atoms with Crippen LogP contribution in [0.4, 0.5) is 0 Å². The van der Waals surface area contributed by atoms with Crippen molar-refractivity contribution in [3.63, 3.8) is 0 Å². The molecule has 1 aliphatic heterocycles. The van der Waals surface area contributed by atoms with Gasteiger partial charge in [-0.1, -0.05) is 6.42 Å². The van der Waals surface area contributed by atoms with Crippen LogP contribution in [-0.2, 0) is 10.3 Å². The van der Waals surface area contributed by atoms with E-state index < -0.39 is 0 Å². The molecule has 2 unspecified atom stereocenters. The SMILES string of the molecule is COC1(c2ccnc(C#N)c2)C2CCCC1CN(C(C)(C)C)C2. The van der Waals surface area contributed by atoms with E-state index in [4.69, 9.17) is 4.74 Å². The molecule has 2 aliphatic rings. The summed E-state index contributed by atoms with van der Waals surface area (Å²) in [4.78, 5) is 6.74. The lowest BCUT2D eigenvalue weighted by atomic mass is 9.62. The van der Waals surface area contributed by atoms with Crippen molar-refractivity contribution in [2.24, 2.45) is 11.8 Å². The topological polar surface area (TPSA) is 49.1 Å². The standard InChI is InChI=1S/C19H27N3O/c1-18(2,3)22-12-15-6-5-7-16(13-22)19(15,23-4)14-8-9-21-17(10-14)11-20/h8-10,15-16H,5-7,12-13H2,1-4H3. The van der Waals surface area contributed by atoms with Gasteiger partial charge in [-0.15, -0.1) is 0 Å². The molecular weight excluding hydrogens is 286 g/mol. The Morgan fingerprint density at radius 2 is 1.96 bits per heavy atom. The number of hydrogen-bond acceptors (Lipinski definition) is 4. The lowest BCUT2D eigenvalue weighted by Crippen LogP contribution is -2.62. The molecule has 3 rings (SSSR count). The Hall–Kier alpha value is -1.44. The van der Waals surface area contributed by atoms with Gasteiger partial charge >= 0.3 is 0 Å². The normalized spacial score (nSPS) is 31.6. The molecule has 2 bridgehead atoms. The molecule has 1 saturated carbocycles. The molecular formula is C19H27N3O. The van der Waals surface area contributed by atoms with Gasteiger partial charge in [0.1, 0.15) is 17.4 Å². The predicted octanol–water partition coefficient (Wildman–Crippen LogP) is 3.33. The van der Waals surface area contributed by atoms with Crippen LogP contribution in [0.25, 0.3) is 0 Å². The Labute approximate surface area is 139 Å². The number of rotatable bonds is 2. The van der Waals surface area contributed by atoms with Gasteiger partial charge in [-0.2, -0.15) is 5.26 Å². The number of nitriles is 1. The minimum absolute atomic E-state index is 0.184. The van der Waals surface area contributed by atoms with Gasteiger partial charge in [-0.3, -0.25) is 4.90 Å². The first-order chi connectivity index (χ1) is 10.9. The van der Waals surface area contributed by atoms with Crippen LogP contribution in [0.3, 0.4) is 0 Å². The maximum Gasteiger partial charge on any atom is 0.140 e. The van der Waals surface area contributed by atoms with Crippen molar-refractivity contribution in [1.29, 1.82) is 5.26 Å². The van der Waals surface area contributed by atoms with Gasteiger partial charge in [-0.25, -0.2) is 4.98 Å². The Balaban J connectivity index is 2.03. The summed E-state index contributed by atoms with van der Waals surface area (Å²) in [5.74, 6) is 0.932. The number of hydrogen-bond donors (Lipinski definition) is 0. The predicted molar refractivity (Wildman–Crippen MR) is 89.8 cm³/mol. The highest BCUT2D eigenvalue weighted by Crippen LogP contribution is 2.52. The van der Waals surface area contributed by atoms with E-state index in [0.29, 0.717) is 17.5 Å². The molecule has 2 heterocycles. The van der Waals surface area contributed by atoms with Crippen molar-refractivity contribution < 1.29 is 4.74 Å². The van der Waals surface area contributed by atoms with Gasteiger partial charge in [-0.05, 0) is 51.3 Å². The number of nitrogens with zero attached hydrogens (tertiary/aromatic N) is 3. The highest BCUT2D eigenvalue weighted by Gasteiger charge is 2.54. The summed E-state index contributed by atoms with van der Waals surface area (Å²) in [5, 5.41) is 9.21. The largest absolute Gasteiger partial charge is 0.373 e. The summed E-state index contributed by atoms with van der Waals surface area (Å²) in [6, 6.07) is 6.15. The first-order valence-electron chi connectivity index (χ1n) is 8.58. The van der Waals surface area contributed by atoms with Crippen LogP contribution in [0.5, 0.6) is 0 Å². The highest BCUT2D eigenvalue weighted by atomic mass is 16.5. The highest BCUT2D eigenvalue weighted by molar-refractivity contribution is 5.32. The fraction of sp³-hybridized carbons (Fsp3) is 0.684. The van der Waals surface area contributed by atoms with Crippen molar-refractivity contribution >= 4 is 0 Å². The Morgan fingerprint density at radius 1 is 1.30 bits per heavy atom. The summed E-state index contributed by atoms with van der Waals surface area (Å²) in [6.45, 7) is 8.99. The number of fused-ring (bicyclic) bond motifs is 2. The minimum atomic E-state index is -0.269. The second kappa shape index (κ2) is 5.89. The Morgan fingerprint density at radius 3 is 2.48 bits per heavy atom. The summed E-state index contributed by atoms with van der Waals surface area (Å²) in [7, 11) is 1.84. The van der Waals surface area contributed by atoms with E-state index in [1.54, 1.807) is 6.20 Å². The molecule has 1 aliphatic carbocycles. The van der Waals surface area contributed by atoms with E-state index in [-0.39, 0.29) is 11.1 Å². The smallest absolute Gasteiger partial charge is 0.140 e. The van der Waals surface area contributed by atoms with Crippen molar-refractivity contribution in [2.45, 2.75) is 51.2 Å². The molecule has 0 amide bonds. The van der Waals surface area contributed by atoms with Crippen LogP contribution in [0.1, 0.15) is 51.3 Å². The zero-order valence-corrected chi connectivity index (χ0v) is 14.7. The van der Waals surface area contributed by atoms with Gasteiger partial charge < -0.3 is 4.74 Å². The zero-order chi connectivity index (χ0) is 16.7. The van der Waals surface area contributed by atoms with Crippen LogP contribution in [-0.4, -0.2) is 35.6 Å². The molecule has 0 aromatic carbocycles. The monoisotopic (exact) mass is 313 g/mol. The minimum Gasteiger partial charge on any atom is -0.373 e. The quantitative estimate of drug-likeness (QED) is 0.840. The average molecular weight is 313 g/mol. The number of piperidine rings is 1. The molecule has 1 aromatic rings. The van der Waals surface area contributed by atoms with E-state index in [0.717, 1.165) is 18.7 Å². The number of methoxy groups -OCH3 is 1. The van der Waals surface area contributed by atoms with E-state index >= 15 is 0 Å². The van der Waals surface area contributed by atoms with E-state index in [2.05, 4.69) is 36.7 Å². The third kappa shape index (κ3) is 2.66. The number of ether oxygens (including phenoxy) is 1. The molecule has 2 fully saturated rings. The van der Waals surface area contributed by atoms with E-state index in [1.807, 2.05) is 19.2 Å². The van der Waals surface area contributed by atoms with Crippen LogP contribution < -0.4 is 0 Å². The molecule has 0 spiro atoms.